The van der Waals surface area contributed by atoms with Gasteiger partial charge in [-0.05, 0) is 61.6 Å². The fourth-order valence-corrected chi connectivity index (χ4v) is 3.41. The van der Waals surface area contributed by atoms with Crippen molar-refractivity contribution in [2.45, 2.75) is 33.6 Å². The molecular formula is C28H30N4O. The lowest BCUT2D eigenvalue weighted by Crippen LogP contribution is -2.28. The largest absolute Gasteiger partial charge is 0.342 e. The lowest BCUT2D eigenvalue weighted by molar-refractivity contribution is -0.111. The van der Waals surface area contributed by atoms with E-state index in [2.05, 4.69) is 16.9 Å². The number of nitrogens with one attached hydrogen (secondary N) is 1. The van der Waals surface area contributed by atoms with E-state index in [0.717, 1.165) is 34.1 Å². The van der Waals surface area contributed by atoms with Crippen LogP contribution in [0.5, 0.6) is 0 Å². The smallest absolute Gasteiger partial charge is 0.187 e. The summed E-state index contributed by atoms with van der Waals surface area (Å²) in [5.74, 6) is -0.287. The number of nitrogens with zero attached hydrogens (tertiary/aromatic N) is 3. The first-order valence-electron chi connectivity index (χ1n) is 11.1. The summed E-state index contributed by atoms with van der Waals surface area (Å²) in [5.41, 5.74) is 4.45. The van der Waals surface area contributed by atoms with Crippen LogP contribution in [0.3, 0.4) is 0 Å². The first-order chi connectivity index (χ1) is 15.9. The second-order valence-corrected chi connectivity index (χ2v) is 8.00. The Bertz CT molecular complexity index is 1250. The minimum Gasteiger partial charge on any atom is -0.342 e. The van der Waals surface area contributed by atoms with Crippen LogP contribution in [0, 0.1) is 12.3 Å². The molecule has 0 amide bonds. The Hall–Kier alpha value is -3.86. The number of benzene rings is 2. The number of Topliss-reactive ketones (excluding diaryl/α,β-unsaturated/α-hetero) is 1. The molecule has 0 aliphatic heterocycles. The SMILES string of the molecule is CCC(C)=C/C=C(/C(=N)C(=O)CC=Nc1cccc(C)c1)N(C)c1cccc2ccncc12. The summed E-state index contributed by atoms with van der Waals surface area (Å²) in [5, 5.41) is 10.7. The fraction of sp³-hybridized carbons (Fsp3) is 0.214. The van der Waals surface area contributed by atoms with Crippen molar-refractivity contribution in [2.75, 3.05) is 11.9 Å². The molecule has 3 rings (SSSR count). The summed E-state index contributed by atoms with van der Waals surface area (Å²) < 4.78 is 0. The van der Waals surface area contributed by atoms with Crippen LogP contribution < -0.4 is 4.90 Å². The summed E-state index contributed by atoms with van der Waals surface area (Å²) in [6, 6.07) is 15.7. The molecule has 2 aromatic carbocycles. The highest BCUT2D eigenvalue weighted by Gasteiger charge is 2.19. The first kappa shape index (κ1) is 23.8. The van der Waals surface area contributed by atoms with Gasteiger partial charge in [-0.3, -0.25) is 20.2 Å². The van der Waals surface area contributed by atoms with E-state index < -0.39 is 0 Å². The maximum Gasteiger partial charge on any atom is 0.187 e. The van der Waals surface area contributed by atoms with Gasteiger partial charge in [0.25, 0.3) is 0 Å². The molecule has 5 nitrogen and oxygen atoms in total. The number of fused-ring (bicyclic) bond motifs is 1. The van der Waals surface area contributed by atoms with Crippen molar-refractivity contribution in [3.05, 3.63) is 89.9 Å². The maximum atomic E-state index is 12.9. The van der Waals surface area contributed by atoms with Crippen LogP contribution in [0.15, 0.2) is 89.3 Å². The van der Waals surface area contributed by atoms with Crippen molar-refractivity contribution < 1.29 is 4.79 Å². The molecule has 0 spiro atoms. The van der Waals surface area contributed by atoms with Crippen LogP contribution in [0.1, 0.15) is 32.3 Å². The van der Waals surface area contributed by atoms with Crippen molar-refractivity contribution in [1.29, 1.82) is 5.41 Å². The molecular weight excluding hydrogens is 408 g/mol. The van der Waals surface area contributed by atoms with Crippen LogP contribution in [0.25, 0.3) is 10.8 Å². The Morgan fingerprint density at radius 3 is 2.70 bits per heavy atom. The first-order valence-corrected chi connectivity index (χ1v) is 11.1. The average Bonchev–Trinajstić information content (AvgIpc) is 2.83. The minimum absolute atomic E-state index is 0.0470. The molecule has 0 aliphatic carbocycles. The molecule has 0 fully saturated rings. The number of anilines is 1. The zero-order valence-electron chi connectivity index (χ0n) is 19.7. The van der Waals surface area contributed by atoms with Gasteiger partial charge >= 0.3 is 0 Å². The maximum absolute atomic E-state index is 12.9. The van der Waals surface area contributed by atoms with Crippen LogP contribution >= 0.6 is 0 Å². The molecule has 1 aromatic heterocycles. The van der Waals surface area contributed by atoms with E-state index in [9.17, 15) is 4.79 Å². The number of hydrogen-bond donors (Lipinski definition) is 1. The second kappa shape index (κ2) is 11.1. The number of aryl methyl sites for hydroxylation is 1. The number of aromatic nitrogens is 1. The highest BCUT2D eigenvalue weighted by Crippen LogP contribution is 2.28. The summed E-state index contributed by atoms with van der Waals surface area (Å²) in [4.78, 5) is 23.5. The molecule has 0 saturated heterocycles. The van der Waals surface area contributed by atoms with E-state index in [4.69, 9.17) is 5.41 Å². The number of carbonyl (C=O) groups excluding carboxylic acids is 1. The van der Waals surface area contributed by atoms with Gasteiger partial charge in [0.1, 0.15) is 5.71 Å². The standard InChI is InChI=1S/C28H30N4O/c1-5-20(2)12-13-26(32(4)25-11-7-9-22-14-16-30-19-24(22)25)28(29)27(33)15-17-31-23-10-6-8-21(3)18-23/h6-14,16-19,29H,5,15H2,1-4H3/b20-12?,26-13-,29-28?,31-17?. The Morgan fingerprint density at radius 1 is 1.15 bits per heavy atom. The molecule has 168 valence electrons. The van der Waals surface area contributed by atoms with Gasteiger partial charge in [-0.2, -0.15) is 0 Å². The molecule has 5 heteroatoms. The normalized spacial score (nSPS) is 12.4. The molecule has 0 bridgehead atoms. The molecule has 3 aromatic rings. The molecule has 1 heterocycles. The van der Waals surface area contributed by atoms with Crippen LogP contribution in [-0.2, 0) is 4.79 Å². The van der Waals surface area contributed by atoms with E-state index in [1.165, 1.54) is 5.57 Å². The minimum atomic E-state index is -0.287. The number of hydrogen-bond acceptors (Lipinski definition) is 5. The number of aliphatic imine (C=N–C) groups is 1. The number of ketones is 1. The van der Waals surface area contributed by atoms with Crippen molar-refractivity contribution in [2.24, 2.45) is 4.99 Å². The van der Waals surface area contributed by atoms with Crippen molar-refractivity contribution in [3.63, 3.8) is 0 Å². The highest BCUT2D eigenvalue weighted by atomic mass is 16.1. The Balaban J connectivity index is 1.89. The molecule has 1 N–H and O–H groups in total. The Kier molecular flexibility index (Phi) is 8.03. The highest BCUT2D eigenvalue weighted by molar-refractivity contribution is 6.47. The van der Waals surface area contributed by atoms with E-state index >= 15 is 0 Å². The van der Waals surface area contributed by atoms with Crippen molar-refractivity contribution >= 4 is 39.9 Å². The summed E-state index contributed by atoms with van der Waals surface area (Å²) in [7, 11) is 1.88. The van der Waals surface area contributed by atoms with E-state index in [1.54, 1.807) is 12.4 Å². The lowest BCUT2D eigenvalue weighted by Gasteiger charge is -2.24. The van der Waals surface area contributed by atoms with Gasteiger partial charge in [0.05, 0.1) is 17.1 Å². The third-order valence-electron chi connectivity index (χ3n) is 5.52. The predicted molar refractivity (Wildman–Crippen MR) is 139 cm³/mol. The topological polar surface area (TPSA) is 69.4 Å². The summed E-state index contributed by atoms with van der Waals surface area (Å²) in [6.07, 6.45) is 9.94. The predicted octanol–water partition coefficient (Wildman–Crippen LogP) is 6.60. The van der Waals surface area contributed by atoms with E-state index in [1.807, 2.05) is 92.7 Å². The number of allylic oxidation sites excluding steroid dienone is 4. The van der Waals surface area contributed by atoms with Gasteiger partial charge < -0.3 is 4.90 Å². The molecule has 0 saturated carbocycles. The van der Waals surface area contributed by atoms with Gasteiger partial charge in [-0.15, -0.1) is 0 Å². The molecule has 0 aliphatic rings. The quantitative estimate of drug-likeness (QED) is 0.302. The summed E-state index contributed by atoms with van der Waals surface area (Å²) in [6.45, 7) is 6.12. The zero-order chi connectivity index (χ0) is 23.8. The lowest BCUT2D eigenvalue weighted by atomic mass is 10.1. The molecule has 0 radical (unpaired) electrons. The third-order valence-corrected chi connectivity index (χ3v) is 5.52. The number of pyridine rings is 1. The second-order valence-electron chi connectivity index (χ2n) is 8.00. The monoisotopic (exact) mass is 438 g/mol. The van der Waals surface area contributed by atoms with E-state index in [-0.39, 0.29) is 17.9 Å². The van der Waals surface area contributed by atoms with Crippen molar-refractivity contribution in [1.82, 2.24) is 4.98 Å². The van der Waals surface area contributed by atoms with Gasteiger partial charge in [0.15, 0.2) is 5.78 Å². The fourth-order valence-electron chi connectivity index (χ4n) is 3.41. The van der Waals surface area contributed by atoms with Gasteiger partial charge in [-0.25, -0.2) is 0 Å². The van der Waals surface area contributed by atoms with Crippen molar-refractivity contribution in [3.8, 4) is 0 Å². The molecule has 0 atom stereocenters. The number of carbonyl (C=O) groups is 1. The molecule has 33 heavy (non-hydrogen) atoms. The van der Waals surface area contributed by atoms with Gasteiger partial charge in [-0.1, -0.05) is 42.8 Å². The van der Waals surface area contributed by atoms with Crippen LogP contribution in [0.4, 0.5) is 11.4 Å². The Labute approximate surface area is 195 Å². The third kappa shape index (κ3) is 6.10. The van der Waals surface area contributed by atoms with Crippen LogP contribution in [-0.4, -0.2) is 29.7 Å². The summed E-state index contributed by atoms with van der Waals surface area (Å²) >= 11 is 0. The van der Waals surface area contributed by atoms with E-state index in [0.29, 0.717) is 5.70 Å². The average molecular weight is 439 g/mol. The zero-order valence-corrected chi connectivity index (χ0v) is 19.7. The molecule has 0 unspecified atom stereocenters. The van der Waals surface area contributed by atoms with Crippen LogP contribution in [0.2, 0.25) is 0 Å². The Morgan fingerprint density at radius 2 is 1.94 bits per heavy atom. The van der Waals surface area contributed by atoms with Gasteiger partial charge in [0.2, 0.25) is 0 Å². The number of rotatable bonds is 9. The van der Waals surface area contributed by atoms with Gasteiger partial charge in [0, 0.05) is 37.5 Å².